The zero-order chi connectivity index (χ0) is 17.8. The normalized spacial score (nSPS) is 15.3. The van der Waals surface area contributed by atoms with E-state index in [0.717, 1.165) is 17.9 Å². The van der Waals surface area contributed by atoms with Gasteiger partial charge in [-0.3, -0.25) is 4.79 Å². The molecule has 0 bridgehead atoms. The van der Waals surface area contributed by atoms with Crippen molar-refractivity contribution in [1.82, 2.24) is 19.9 Å². The molecular formula is C16H17ClN4O3S. The van der Waals surface area contributed by atoms with Gasteiger partial charge in [0.15, 0.2) is 5.69 Å². The number of halogens is 1. The summed E-state index contributed by atoms with van der Waals surface area (Å²) in [7, 11) is 0. The maximum Gasteiger partial charge on any atom is 0.358 e. The lowest BCUT2D eigenvalue weighted by Gasteiger charge is -2.31. The number of aromatic carboxylic acids is 1. The van der Waals surface area contributed by atoms with E-state index in [2.05, 4.69) is 10.3 Å². The van der Waals surface area contributed by atoms with Gasteiger partial charge in [0.05, 0.1) is 6.20 Å². The molecule has 1 aromatic carbocycles. The Hall–Kier alpha value is -2.06. The first-order valence-corrected chi connectivity index (χ1v) is 9.10. The van der Waals surface area contributed by atoms with Crippen LogP contribution in [0.1, 0.15) is 23.3 Å². The fraction of sp³-hybridized carbons (Fsp3) is 0.375. The Bertz CT molecular complexity index is 757. The number of amides is 1. The largest absolute Gasteiger partial charge is 0.476 e. The monoisotopic (exact) mass is 380 g/mol. The molecule has 1 N–H and O–H groups in total. The van der Waals surface area contributed by atoms with Crippen LogP contribution in [-0.2, 0) is 11.3 Å². The number of hydrogen-bond donors (Lipinski definition) is 1. The van der Waals surface area contributed by atoms with Gasteiger partial charge in [-0.15, -0.1) is 16.9 Å². The molecule has 0 spiro atoms. The number of carbonyl (C=O) groups excluding carboxylic acids is 1. The summed E-state index contributed by atoms with van der Waals surface area (Å²) >= 11 is 7.70. The van der Waals surface area contributed by atoms with Crippen LogP contribution in [0.4, 0.5) is 0 Å². The SMILES string of the molecule is O=C(O)c1cn(CC(=O)N2CCC(Sc3ccc(Cl)cc3)CC2)nn1. The molecule has 0 radical (unpaired) electrons. The molecule has 2 heterocycles. The Kier molecular flexibility index (Phi) is 5.60. The average Bonchev–Trinajstić information content (AvgIpc) is 3.06. The summed E-state index contributed by atoms with van der Waals surface area (Å²) in [6, 6.07) is 7.78. The molecule has 25 heavy (non-hydrogen) atoms. The van der Waals surface area contributed by atoms with Crippen molar-refractivity contribution in [3.63, 3.8) is 0 Å². The van der Waals surface area contributed by atoms with Gasteiger partial charge in [-0.25, -0.2) is 9.48 Å². The lowest BCUT2D eigenvalue weighted by molar-refractivity contribution is -0.132. The quantitative estimate of drug-likeness (QED) is 0.856. The van der Waals surface area contributed by atoms with Gasteiger partial charge in [-0.2, -0.15) is 0 Å². The van der Waals surface area contributed by atoms with Crippen molar-refractivity contribution >= 4 is 35.2 Å². The lowest BCUT2D eigenvalue weighted by Crippen LogP contribution is -2.41. The van der Waals surface area contributed by atoms with E-state index < -0.39 is 5.97 Å². The van der Waals surface area contributed by atoms with Crippen LogP contribution in [0, 0.1) is 0 Å². The lowest BCUT2D eigenvalue weighted by atomic mass is 10.1. The highest BCUT2D eigenvalue weighted by Gasteiger charge is 2.24. The summed E-state index contributed by atoms with van der Waals surface area (Å²) in [5.41, 5.74) is -0.161. The van der Waals surface area contributed by atoms with E-state index in [1.807, 2.05) is 36.0 Å². The first kappa shape index (κ1) is 17.8. The molecule has 0 aliphatic carbocycles. The van der Waals surface area contributed by atoms with Gasteiger partial charge in [0, 0.05) is 28.3 Å². The van der Waals surface area contributed by atoms with Crippen molar-refractivity contribution < 1.29 is 14.7 Å². The van der Waals surface area contributed by atoms with Crippen molar-refractivity contribution in [2.75, 3.05) is 13.1 Å². The highest BCUT2D eigenvalue weighted by molar-refractivity contribution is 8.00. The maximum absolute atomic E-state index is 12.3. The Morgan fingerprint density at radius 2 is 1.92 bits per heavy atom. The zero-order valence-corrected chi connectivity index (χ0v) is 14.9. The topological polar surface area (TPSA) is 88.3 Å². The van der Waals surface area contributed by atoms with Gasteiger partial charge >= 0.3 is 5.97 Å². The number of carboxylic acids is 1. The molecule has 1 fully saturated rings. The van der Waals surface area contributed by atoms with E-state index >= 15 is 0 Å². The van der Waals surface area contributed by atoms with E-state index in [1.165, 1.54) is 15.8 Å². The van der Waals surface area contributed by atoms with Gasteiger partial charge in [0.1, 0.15) is 6.54 Å². The van der Waals surface area contributed by atoms with E-state index in [9.17, 15) is 9.59 Å². The highest BCUT2D eigenvalue weighted by atomic mass is 35.5. The van der Waals surface area contributed by atoms with Crippen LogP contribution in [0.3, 0.4) is 0 Å². The minimum Gasteiger partial charge on any atom is -0.476 e. The van der Waals surface area contributed by atoms with Crippen LogP contribution in [0.15, 0.2) is 35.4 Å². The van der Waals surface area contributed by atoms with Crippen molar-refractivity contribution in [2.45, 2.75) is 29.5 Å². The molecule has 0 saturated carbocycles. The van der Waals surface area contributed by atoms with Crippen molar-refractivity contribution in [3.8, 4) is 0 Å². The standard InChI is InChI=1S/C16H17ClN4O3S/c17-11-1-3-12(4-2-11)25-13-5-7-20(8-6-13)15(22)10-21-9-14(16(23)24)18-19-21/h1-4,9,13H,5-8,10H2,(H,23,24). The second kappa shape index (κ2) is 7.88. The fourth-order valence-corrected chi connectivity index (χ4v) is 3.89. The van der Waals surface area contributed by atoms with Crippen molar-refractivity contribution in [3.05, 3.63) is 41.2 Å². The van der Waals surface area contributed by atoms with Crippen molar-refractivity contribution in [2.24, 2.45) is 0 Å². The fourth-order valence-electron chi connectivity index (χ4n) is 2.64. The molecule has 1 saturated heterocycles. The molecule has 1 amide bonds. The summed E-state index contributed by atoms with van der Waals surface area (Å²) in [6.45, 7) is 1.38. The molecule has 1 aliphatic heterocycles. The van der Waals surface area contributed by atoms with E-state index in [4.69, 9.17) is 16.7 Å². The molecule has 1 aromatic heterocycles. The number of carbonyl (C=O) groups is 2. The minimum atomic E-state index is -1.15. The summed E-state index contributed by atoms with van der Waals surface area (Å²) in [5.74, 6) is -1.23. The number of rotatable bonds is 5. The highest BCUT2D eigenvalue weighted by Crippen LogP contribution is 2.31. The number of aromatic nitrogens is 3. The third kappa shape index (κ3) is 4.73. The third-order valence-corrected chi connectivity index (χ3v) is 5.57. The minimum absolute atomic E-state index is 0.00920. The van der Waals surface area contributed by atoms with Crippen LogP contribution in [0.25, 0.3) is 0 Å². The van der Waals surface area contributed by atoms with Crippen LogP contribution in [0.5, 0.6) is 0 Å². The summed E-state index contributed by atoms with van der Waals surface area (Å²) < 4.78 is 1.26. The summed E-state index contributed by atoms with van der Waals surface area (Å²) in [4.78, 5) is 26.1. The van der Waals surface area contributed by atoms with E-state index in [-0.39, 0.29) is 18.1 Å². The first-order valence-electron chi connectivity index (χ1n) is 7.84. The van der Waals surface area contributed by atoms with Crippen LogP contribution in [0.2, 0.25) is 5.02 Å². The molecule has 132 valence electrons. The molecule has 7 nitrogen and oxygen atoms in total. The second-order valence-electron chi connectivity index (χ2n) is 5.76. The van der Waals surface area contributed by atoms with Crippen LogP contribution < -0.4 is 0 Å². The maximum atomic E-state index is 12.3. The summed E-state index contributed by atoms with van der Waals surface area (Å²) in [5, 5.41) is 17.2. The van der Waals surface area contributed by atoms with Crippen LogP contribution in [-0.4, -0.2) is 55.2 Å². The van der Waals surface area contributed by atoms with Gasteiger partial charge in [-0.05, 0) is 37.1 Å². The predicted octanol–water partition coefficient (Wildman–Crippen LogP) is 2.41. The van der Waals surface area contributed by atoms with Crippen LogP contribution >= 0.6 is 23.4 Å². The summed E-state index contributed by atoms with van der Waals surface area (Å²) in [6.07, 6.45) is 3.09. The van der Waals surface area contributed by atoms with Gasteiger partial charge < -0.3 is 10.0 Å². The Balaban J connectivity index is 1.48. The second-order valence-corrected chi connectivity index (χ2v) is 7.57. The average molecular weight is 381 g/mol. The van der Waals surface area contributed by atoms with Crippen molar-refractivity contribution in [1.29, 1.82) is 0 Å². The molecule has 1 aliphatic rings. The Labute approximate surface area is 154 Å². The van der Waals surface area contributed by atoms with E-state index in [0.29, 0.717) is 18.3 Å². The number of piperidine rings is 1. The smallest absolute Gasteiger partial charge is 0.358 e. The number of carboxylic acid groups (broad SMARTS) is 1. The first-order chi connectivity index (χ1) is 12.0. The number of nitrogens with zero attached hydrogens (tertiary/aromatic N) is 4. The Morgan fingerprint density at radius 1 is 1.24 bits per heavy atom. The molecule has 0 atom stereocenters. The predicted molar refractivity (Wildman–Crippen MR) is 93.9 cm³/mol. The van der Waals surface area contributed by atoms with Gasteiger partial charge in [-0.1, -0.05) is 16.8 Å². The van der Waals surface area contributed by atoms with Gasteiger partial charge in [0.2, 0.25) is 5.91 Å². The molecule has 2 aromatic rings. The molecule has 9 heteroatoms. The third-order valence-electron chi connectivity index (χ3n) is 3.97. The molecule has 0 unspecified atom stereocenters. The number of benzene rings is 1. The number of thioether (sulfide) groups is 1. The number of likely N-dealkylation sites (tertiary alicyclic amines) is 1. The Morgan fingerprint density at radius 3 is 2.52 bits per heavy atom. The molecule has 3 rings (SSSR count). The molecular weight excluding hydrogens is 364 g/mol. The number of hydrogen-bond acceptors (Lipinski definition) is 5. The zero-order valence-electron chi connectivity index (χ0n) is 13.3. The van der Waals surface area contributed by atoms with Gasteiger partial charge in [0.25, 0.3) is 0 Å². The van der Waals surface area contributed by atoms with E-state index in [1.54, 1.807) is 4.90 Å².